The van der Waals surface area contributed by atoms with Crippen LogP contribution in [0.3, 0.4) is 0 Å². The molecule has 5 heteroatoms. The van der Waals surface area contributed by atoms with E-state index < -0.39 is 0 Å². The summed E-state index contributed by atoms with van der Waals surface area (Å²) >= 11 is 0. The van der Waals surface area contributed by atoms with Gasteiger partial charge in [0, 0.05) is 19.0 Å². The number of hydrogen-bond donors (Lipinski definition) is 1. The van der Waals surface area contributed by atoms with E-state index in [0.29, 0.717) is 30.2 Å². The normalized spacial score (nSPS) is 10.9. The first-order valence-electron chi connectivity index (χ1n) is 7.43. The second-order valence-electron chi connectivity index (χ2n) is 5.23. The minimum Gasteiger partial charge on any atom is -0.460 e. The Balaban J connectivity index is 2.05. The van der Waals surface area contributed by atoms with Crippen molar-refractivity contribution in [3.8, 4) is 11.5 Å². The van der Waals surface area contributed by atoms with E-state index in [1.54, 1.807) is 13.2 Å². The second kappa shape index (κ2) is 6.62. The van der Waals surface area contributed by atoms with Crippen molar-refractivity contribution in [1.82, 2.24) is 10.3 Å². The summed E-state index contributed by atoms with van der Waals surface area (Å²) in [5.41, 5.74) is 1.99. The molecule has 0 aliphatic heterocycles. The average Bonchev–Trinajstić information content (AvgIpc) is 3.00. The van der Waals surface area contributed by atoms with Crippen LogP contribution in [-0.4, -0.2) is 31.2 Å². The smallest absolute Gasteiger partial charge is 0.252 e. The summed E-state index contributed by atoms with van der Waals surface area (Å²) < 4.78 is 10.6. The molecule has 0 unspecified atom stereocenters. The van der Waals surface area contributed by atoms with Gasteiger partial charge in [0.15, 0.2) is 5.76 Å². The monoisotopic (exact) mass is 310 g/mol. The van der Waals surface area contributed by atoms with Gasteiger partial charge in [0.1, 0.15) is 11.5 Å². The average molecular weight is 310 g/mol. The number of aryl methyl sites for hydroxylation is 1. The molecule has 3 aromatic rings. The molecule has 5 nitrogen and oxygen atoms in total. The second-order valence-corrected chi connectivity index (χ2v) is 5.23. The third kappa shape index (κ3) is 3.24. The SMILES string of the molecule is COCCNC(=O)c1cc(-c2ccc(C)o2)nc2ccccc12. The molecule has 0 atom stereocenters. The van der Waals surface area contributed by atoms with Crippen LogP contribution in [0.5, 0.6) is 0 Å². The zero-order chi connectivity index (χ0) is 16.2. The molecule has 118 valence electrons. The quantitative estimate of drug-likeness (QED) is 0.735. The molecule has 1 N–H and O–H groups in total. The molecule has 23 heavy (non-hydrogen) atoms. The summed E-state index contributed by atoms with van der Waals surface area (Å²) in [4.78, 5) is 17.1. The van der Waals surface area contributed by atoms with E-state index >= 15 is 0 Å². The van der Waals surface area contributed by atoms with Gasteiger partial charge in [0.05, 0.1) is 17.7 Å². The summed E-state index contributed by atoms with van der Waals surface area (Å²) in [6.07, 6.45) is 0. The fourth-order valence-corrected chi connectivity index (χ4v) is 2.42. The van der Waals surface area contributed by atoms with Crippen LogP contribution < -0.4 is 5.32 Å². The number of furan rings is 1. The molecule has 1 aromatic carbocycles. The highest BCUT2D eigenvalue weighted by Crippen LogP contribution is 2.26. The molecule has 0 aliphatic rings. The third-order valence-corrected chi connectivity index (χ3v) is 3.55. The molecular formula is C18H18N2O3. The lowest BCUT2D eigenvalue weighted by atomic mass is 10.1. The highest BCUT2D eigenvalue weighted by molar-refractivity contribution is 6.07. The van der Waals surface area contributed by atoms with Crippen molar-refractivity contribution in [3.05, 3.63) is 53.8 Å². The van der Waals surface area contributed by atoms with Crippen LogP contribution in [0.4, 0.5) is 0 Å². The number of hydrogen-bond acceptors (Lipinski definition) is 4. The molecule has 1 amide bonds. The van der Waals surface area contributed by atoms with Crippen LogP contribution in [0, 0.1) is 6.92 Å². The van der Waals surface area contributed by atoms with Crippen LogP contribution in [0.2, 0.25) is 0 Å². The number of pyridine rings is 1. The predicted molar refractivity (Wildman–Crippen MR) is 88.4 cm³/mol. The van der Waals surface area contributed by atoms with Gasteiger partial charge in [-0.1, -0.05) is 18.2 Å². The van der Waals surface area contributed by atoms with Gasteiger partial charge < -0.3 is 14.5 Å². The minimum absolute atomic E-state index is 0.148. The summed E-state index contributed by atoms with van der Waals surface area (Å²) in [5.74, 6) is 1.31. The van der Waals surface area contributed by atoms with E-state index in [2.05, 4.69) is 10.3 Å². The maximum Gasteiger partial charge on any atom is 0.252 e. The molecule has 2 heterocycles. The third-order valence-electron chi connectivity index (χ3n) is 3.55. The van der Waals surface area contributed by atoms with Crippen molar-refractivity contribution in [1.29, 1.82) is 0 Å². The maximum absolute atomic E-state index is 12.5. The van der Waals surface area contributed by atoms with E-state index in [1.165, 1.54) is 0 Å². The lowest BCUT2D eigenvalue weighted by Gasteiger charge is -2.09. The van der Waals surface area contributed by atoms with Gasteiger partial charge in [-0.2, -0.15) is 0 Å². The lowest BCUT2D eigenvalue weighted by molar-refractivity contribution is 0.0938. The van der Waals surface area contributed by atoms with Crippen molar-refractivity contribution in [3.63, 3.8) is 0 Å². The number of methoxy groups -OCH3 is 1. The Bertz CT molecular complexity index is 839. The number of carbonyl (C=O) groups is 1. The molecule has 0 radical (unpaired) electrons. The molecule has 0 saturated heterocycles. The van der Waals surface area contributed by atoms with Crippen molar-refractivity contribution in [2.75, 3.05) is 20.3 Å². The summed E-state index contributed by atoms with van der Waals surface area (Å²) in [6.45, 7) is 2.81. The Hall–Kier alpha value is -2.66. The number of carbonyl (C=O) groups excluding carboxylic acids is 1. The van der Waals surface area contributed by atoms with Crippen LogP contribution in [-0.2, 0) is 4.74 Å². The number of fused-ring (bicyclic) bond motifs is 1. The van der Waals surface area contributed by atoms with Gasteiger partial charge in [0.2, 0.25) is 0 Å². The zero-order valence-corrected chi connectivity index (χ0v) is 13.1. The van der Waals surface area contributed by atoms with Crippen LogP contribution in [0.15, 0.2) is 46.9 Å². The number of nitrogens with one attached hydrogen (secondary N) is 1. The highest BCUT2D eigenvalue weighted by atomic mass is 16.5. The van der Waals surface area contributed by atoms with E-state index in [4.69, 9.17) is 9.15 Å². The Labute approximate surface area is 134 Å². The van der Waals surface area contributed by atoms with Crippen LogP contribution in [0.1, 0.15) is 16.1 Å². The minimum atomic E-state index is -0.148. The molecule has 0 spiro atoms. The largest absolute Gasteiger partial charge is 0.460 e. The van der Waals surface area contributed by atoms with Gasteiger partial charge in [-0.3, -0.25) is 4.79 Å². The first-order chi connectivity index (χ1) is 11.2. The number of rotatable bonds is 5. The summed E-state index contributed by atoms with van der Waals surface area (Å²) in [5, 5.41) is 3.67. The molecule has 2 aromatic heterocycles. The van der Waals surface area contributed by atoms with E-state index in [0.717, 1.165) is 16.7 Å². The van der Waals surface area contributed by atoms with Crippen LogP contribution in [0.25, 0.3) is 22.4 Å². The number of nitrogens with zero attached hydrogens (tertiary/aromatic N) is 1. The van der Waals surface area contributed by atoms with Crippen molar-refractivity contribution >= 4 is 16.8 Å². The standard InChI is InChI=1S/C18H18N2O3/c1-12-7-8-17(23-12)16-11-14(18(21)19-9-10-22-2)13-5-3-4-6-15(13)20-16/h3-8,11H,9-10H2,1-2H3,(H,19,21). The number of benzene rings is 1. The fraction of sp³-hybridized carbons (Fsp3) is 0.222. The van der Waals surface area contributed by atoms with Gasteiger partial charge in [-0.05, 0) is 31.2 Å². The zero-order valence-electron chi connectivity index (χ0n) is 13.1. The number of ether oxygens (including phenoxy) is 1. The summed E-state index contributed by atoms with van der Waals surface area (Å²) in [7, 11) is 1.60. The van der Waals surface area contributed by atoms with Crippen molar-refractivity contribution < 1.29 is 13.9 Å². The summed E-state index contributed by atoms with van der Waals surface area (Å²) in [6, 6.07) is 13.1. The Morgan fingerprint density at radius 3 is 2.83 bits per heavy atom. The topological polar surface area (TPSA) is 64.4 Å². The van der Waals surface area contributed by atoms with Gasteiger partial charge >= 0.3 is 0 Å². The molecular weight excluding hydrogens is 292 g/mol. The highest BCUT2D eigenvalue weighted by Gasteiger charge is 2.15. The van der Waals surface area contributed by atoms with Crippen LogP contribution >= 0.6 is 0 Å². The first kappa shape index (κ1) is 15.2. The van der Waals surface area contributed by atoms with Gasteiger partial charge in [-0.15, -0.1) is 0 Å². The predicted octanol–water partition coefficient (Wildman–Crippen LogP) is 3.18. The molecule has 0 bridgehead atoms. The van der Waals surface area contributed by atoms with Crippen molar-refractivity contribution in [2.45, 2.75) is 6.92 Å². The molecule has 0 saturated carbocycles. The Morgan fingerprint density at radius 1 is 1.26 bits per heavy atom. The Morgan fingerprint density at radius 2 is 2.09 bits per heavy atom. The molecule has 3 rings (SSSR count). The number of amides is 1. The first-order valence-corrected chi connectivity index (χ1v) is 7.43. The fourth-order valence-electron chi connectivity index (χ4n) is 2.42. The maximum atomic E-state index is 12.5. The van der Waals surface area contributed by atoms with E-state index in [-0.39, 0.29) is 5.91 Å². The number of aromatic nitrogens is 1. The lowest BCUT2D eigenvalue weighted by Crippen LogP contribution is -2.27. The van der Waals surface area contributed by atoms with Gasteiger partial charge in [-0.25, -0.2) is 4.98 Å². The Kier molecular flexibility index (Phi) is 4.39. The molecule has 0 fully saturated rings. The van der Waals surface area contributed by atoms with E-state index in [1.807, 2.05) is 43.3 Å². The van der Waals surface area contributed by atoms with Gasteiger partial charge in [0.25, 0.3) is 5.91 Å². The van der Waals surface area contributed by atoms with Crippen molar-refractivity contribution in [2.24, 2.45) is 0 Å². The molecule has 0 aliphatic carbocycles. The van der Waals surface area contributed by atoms with E-state index in [9.17, 15) is 4.79 Å². The number of para-hydroxylation sites is 1.